The molecule has 0 saturated carbocycles. The molecule has 1 saturated heterocycles. The fourth-order valence-corrected chi connectivity index (χ4v) is 3.53. The molecule has 5 nitrogen and oxygen atoms in total. The van der Waals surface area contributed by atoms with Gasteiger partial charge in [-0.05, 0) is 18.6 Å². The molecule has 0 amide bonds. The van der Waals surface area contributed by atoms with Crippen LogP contribution in [0.5, 0.6) is 5.75 Å². The number of morpholine rings is 1. The molecule has 0 spiro atoms. The second-order valence-corrected chi connectivity index (χ2v) is 6.92. The average molecular weight is 386 g/mol. The predicted octanol–water partition coefficient (Wildman–Crippen LogP) is 4.17. The van der Waals surface area contributed by atoms with Gasteiger partial charge in [-0.3, -0.25) is 4.79 Å². The third-order valence-electron chi connectivity index (χ3n) is 4.69. The van der Waals surface area contributed by atoms with Crippen molar-refractivity contribution in [2.24, 2.45) is 0 Å². The van der Waals surface area contributed by atoms with Crippen LogP contribution in [0.3, 0.4) is 0 Å². The van der Waals surface area contributed by atoms with Crippen molar-refractivity contribution in [3.63, 3.8) is 0 Å². The van der Waals surface area contributed by atoms with E-state index in [1.807, 2.05) is 42.2 Å². The maximum atomic E-state index is 12.6. The van der Waals surface area contributed by atoms with Gasteiger partial charge in [-0.25, -0.2) is 0 Å². The number of ether oxygens (including phenoxy) is 2. The van der Waals surface area contributed by atoms with E-state index >= 15 is 0 Å². The number of aryl methyl sites for hydroxylation is 1. The fraction of sp³-hybridized carbons (Fsp3) is 0.286. The highest BCUT2D eigenvalue weighted by molar-refractivity contribution is 6.33. The maximum absolute atomic E-state index is 12.6. The lowest BCUT2D eigenvalue weighted by molar-refractivity contribution is 0.121. The van der Waals surface area contributed by atoms with Crippen LogP contribution in [0.25, 0.3) is 11.0 Å². The van der Waals surface area contributed by atoms with Gasteiger partial charge in [-0.1, -0.05) is 41.9 Å². The van der Waals surface area contributed by atoms with Crippen molar-refractivity contribution in [1.29, 1.82) is 0 Å². The summed E-state index contributed by atoms with van der Waals surface area (Å²) in [6.45, 7) is 4.87. The predicted molar refractivity (Wildman–Crippen MR) is 106 cm³/mol. The number of nitrogens with zero attached hydrogens (tertiary/aromatic N) is 1. The van der Waals surface area contributed by atoms with Gasteiger partial charge in [-0.15, -0.1) is 0 Å². The first-order valence-corrected chi connectivity index (χ1v) is 9.27. The molecule has 0 unspecified atom stereocenters. The van der Waals surface area contributed by atoms with Crippen LogP contribution in [0.1, 0.15) is 11.1 Å². The topological polar surface area (TPSA) is 51.9 Å². The van der Waals surface area contributed by atoms with Gasteiger partial charge in [0, 0.05) is 24.7 Å². The van der Waals surface area contributed by atoms with E-state index < -0.39 is 0 Å². The molecule has 1 fully saturated rings. The third-order valence-corrected chi connectivity index (χ3v) is 4.97. The lowest BCUT2D eigenvalue weighted by atomic mass is 10.1. The van der Waals surface area contributed by atoms with Gasteiger partial charge in [0.25, 0.3) is 0 Å². The Morgan fingerprint density at radius 1 is 1.15 bits per heavy atom. The highest BCUT2D eigenvalue weighted by atomic mass is 35.5. The molecule has 2 aromatic carbocycles. The maximum Gasteiger partial charge on any atom is 0.200 e. The highest BCUT2D eigenvalue weighted by Crippen LogP contribution is 2.36. The molecule has 1 aliphatic rings. The van der Waals surface area contributed by atoms with Crippen LogP contribution in [-0.4, -0.2) is 26.3 Å². The van der Waals surface area contributed by atoms with Crippen LogP contribution in [0.2, 0.25) is 5.02 Å². The summed E-state index contributed by atoms with van der Waals surface area (Å²) < 4.78 is 17.4. The standard InChI is InChI=1S/C21H20ClNO4/c1-14-20-16(18(24)12-19(27-20)23-7-9-25-10-8-23)11-17(22)21(14)26-13-15-5-3-2-4-6-15/h2-6,11-12H,7-10,13H2,1H3. The largest absolute Gasteiger partial charge is 0.487 e. The first kappa shape index (κ1) is 17.9. The van der Waals surface area contributed by atoms with Crippen molar-refractivity contribution in [3.8, 4) is 5.75 Å². The summed E-state index contributed by atoms with van der Waals surface area (Å²) in [5.74, 6) is 1.09. The van der Waals surface area contributed by atoms with E-state index in [1.165, 1.54) is 6.07 Å². The van der Waals surface area contributed by atoms with Crippen molar-refractivity contribution in [3.05, 3.63) is 68.8 Å². The summed E-state index contributed by atoms with van der Waals surface area (Å²) >= 11 is 6.40. The molecule has 140 valence electrons. The van der Waals surface area contributed by atoms with E-state index in [2.05, 4.69) is 0 Å². The van der Waals surface area contributed by atoms with Crippen molar-refractivity contribution >= 4 is 28.5 Å². The van der Waals surface area contributed by atoms with Crippen LogP contribution in [0.4, 0.5) is 5.88 Å². The third kappa shape index (κ3) is 3.66. The molecule has 1 aliphatic heterocycles. The second kappa shape index (κ2) is 7.62. The Balaban J connectivity index is 1.73. The van der Waals surface area contributed by atoms with Crippen LogP contribution in [-0.2, 0) is 11.3 Å². The molecule has 27 heavy (non-hydrogen) atoms. The zero-order valence-electron chi connectivity index (χ0n) is 15.0. The molecule has 0 atom stereocenters. The Kier molecular flexibility index (Phi) is 5.05. The van der Waals surface area contributed by atoms with Crippen molar-refractivity contribution in [2.45, 2.75) is 13.5 Å². The number of halogens is 1. The number of fused-ring (bicyclic) bond motifs is 1. The van der Waals surface area contributed by atoms with Gasteiger partial charge in [0.15, 0.2) is 11.3 Å². The van der Waals surface area contributed by atoms with Crippen LogP contribution in [0.15, 0.2) is 51.7 Å². The minimum Gasteiger partial charge on any atom is -0.487 e. The second-order valence-electron chi connectivity index (χ2n) is 6.51. The van der Waals surface area contributed by atoms with Gasteiger partial charge in [0.2, 0.25) is 0 Å². The normalized spacial score (nSPS) is 14.5. The van der Waals surface area contributed by atoms with E-state index in [0.29, 0.717) is 60.5 Å². The van der Waals surface area contributed by atoms with Gasteiger partial charge in [-0.2, -0.15) is 0 Å². The molecular weight excluding hydrogens is 366 g/mol. The SMILES string of the molecule is Cc1c(OCc2ccccc2)c(Cl)cc2c(=O)cc(N3CCOCC3)oc12. The first-order chi connectivity index (χ1) is 13.1. The Hall–Kier alpha value is -2.50. The molecule has 0 radical (unpaired) electrons. The zero-order chi connectivity index (χ0) is 18.8. The lowest BCUT2D eigenvalue weighted by Gasteiger charge is -2.27. The average Bonchev–Trinajstić information content (AvgIpc) is 2.70. The molecule has 4 rings (SSSR count). The van der Waals surface area contributed by atoms with E-state index in [-0.39, 0.29) is 5.43 Å². The van der Waals surface area contributed by atoms with Crippen LogP contribution < -0.4 is 15.1 Å². The molecule has 0 aliphatic carbocycles. The molecule has 0 bridgehead atoms. The minimum atomic E-state index is -0.114. The number of hydrogen-bond acceptors (Lipinski definition) is 5. The number of benzene rings is 2. The summed E-state index contributed by atoms with van der Waals surface area (Å²) in [4.78, 5) is 14.6. The van der Waals surface area contributed by atoms with Crippen molar-refractivity contribution in [2.75, 3.05) is 31.2 Å². The monoisotopic (exact) mass is 385 g/mol. The summed E-state index contributed by atoms with van der Waals surface area (Å²) in [5.41, 5.74) is 2.16. The van der Waals surface area contributed by atoms with Gasteiger partial charge in [0.1, 0.15) is 17.9 Å². The van der Waals surface area contributed by atoms with Crippen molar-refractivity contribution < 1.29 is 13.9 Å². The van der Waals surface area contributed by atoms with Gasteiger partial charge >= 0.3 is 0 Å². The molecule has 0 N–H and O–H groups in total. The number of anilines is 1. The Morgan fingerprint density at radius 3 is 2.63 bits per heavy atom. The van der Waals surface area contributed by atoms with E-state index in [9.17, 15) is 4.79 Å². The molecule has 2 heterocycles. The number of hydrogen-bond donors (Lipinski definition) is 0. The van der Waals surface area contributed by atoms with E-state index in [0.717, 1.165) is 11.1 Å². The highest BCUT2D eigenvalue weighted by Gasteiger charge is 2.19. The Bertz CT molecular complexity index is 1010. The van der Waals surface area contributed by atoms with Crippen LogP contribution >= 0.6 is 11.6 Å². The Morgan fingerprint density at radius 2 is 1.89 bits per heavy atom. The first-order valence-electron chi connectivity index (χ1n) is 8.90. The van der Waals surface area contributed by atoms with E-state index in [4.69, 9.17) is 25.5 Å². The summed E-state index contributed by atoms with van der Waals surface area (Å²) in [5, 5.41) is 0.865. The quantitative estimate of drug-likeness (QED) is 0.674. The molecule has 3 aromatic rings. The number of rotatable bonds is 4. The minimum absolute atomic E-state index is 0.114. The van der Waals surface area contributed by atoms with Crippen molar-refractivity contribution in [1.82, 2.24) is 0 Å². The zero-order valence-corrected chi connectivity index (χ0v) is 15.8. The van der Waals surface area contributed by atoms with Crippen LogP contribution in [0, 0.1) is 6.92 Å². The van der Waals surface area contributed by atoms with Gasteiger partial charge < -0.3 is 18.8 Å². The Labute approximate surface area is 162 Å². The summed E-state index contributed by atoms with van der Waals surface area (Å²) in [6.07, 6.45) is 0. The smallest absolute Gasteiger partial charge is 0.200 e. The molecule has 1 aromatic heterocycles. The lowest BCUT2D eigenvalue weighted by Crippen LogP contribution is -2.36. The summed E-state index contributed by atoms with van der Waals surface area (Å²) in [6, 6.07) is 13.0. The van der Waals surface area contributed by atoms with Gasteiger partial charge in [0.05, 0.1) is 23.6 Å². The fourth-order valence-electron chi connectivity index (χ4n) is 3.23. The molecular formula is C21H20ClNO4. The summed E-state index contributed by atoms with van der Waals surface area (Å²) in [7, 11) is 0. The van der Waals surface area contributed by atoms with E-state index in [1.54, 1.807) is 6.07 Å². The molecule has 6 heteroatoms.